The fourth-order valence-corrected chi connectivity index (χ4v) is 1.64. The summed E-state index contributed by atoms with van der Waals surface area (Å²) in [6.45, 7) is 3.55. The number of methoxy groups -OCH3 is 1. The summed E-state index contributed by atoms with van der Waals surface area (Å²) in [5, 5.41) is 3.10. The van der Waals surface area contributed by atoms with Gasteiger partial charge >= 0.3 is 5.97 Å². The molecular formula is C9H18N2O2. The molecule has 4 nitrogen and oxygen atoms in total. The molecule has 0 amide bonds. The van der Waals surface area contributed by atoms with Gasteiger partial charge in [0.2, 0.25) is 0 Å². The molecule has 0 aliphatic carbocycles. The number of carbonyl (C=O) groups is 1. The minimum Gasteiger partial charge on any atom is -0.468 e. The van der Waals surface area contributed by atoms with Crippen LogP contribution in [0.4, 0.5) is 0 Å². The third-order valence-corrected chi connectivity index (χ3v) is 2.42. The van der Waals surface area contributed by atoms with Crippen molar-refractivity contribution in [2.24, 2.45) is 5.92 Å². The van der Waals surface area contributed by atoms with Crippen LogP contribution < -0.4 is 5.32 Å². The first-order valence-corrected chi connectivity index (χ1v) is 4.68. The van der Waals surface area contributed by atoms with Crippen LogP contribution in [0, 0.1) is 5.92 Å². The molecule has 0 spiro atoms. The summed E-state index contributed by atoms with van der Waals surface area (Å²) in [5.41, 5.74) is 0. The molecule has 0 radical (unpaired) electrons. The first kappa shape index (κ1) is 10.5. The predicted molar refractivity (Wildman–Crippen MR) is 50.5 cm³/mol. The summed E-state index contributed by atoms with van der Waals surface area (Å²) in [7, 11) is 3.54. The van der Waals surface area contributed by atoms with Gasteiger partial charge in [-0.15, -0.1) is 0 Å². The highest BCUT2D eigenvalue weighted by atomic mass is 16.5. The number of likely N-dealkylation sites (tertiary alicyclic amines) is 1. The van der Waals surface area contributed by atoms with Gasteiger partial charge in [-0.2, -0.15) is 0 Å². The highest BCUT2D eigenvalue weighted by Gasteiger charge is 2.18. The Hall–Kier alpha value is -0.610. The zero-order valence-electron chi connectivity index (χ0n) is 8.38. The molecule has 4 heteroatoms. The number of carbonyl (C=O) groups excluding carboxylic acids is 1. The summed E-state index contributed by atoms with van der Waals surface area (Å²) in [4.78, 5) is 13.1. The van der Waals surface area contributed by atoms with Crippen LogP contribution in [0.5, 0.6) is 0 Å². The van der Waals surface area contributed by atoms with Crippen molar-refractivity contribution in [1.29, 1.82) is 0 Å². The molecule has 13 heavy (non-hydrogen) atoms. The van der Waals surface area contributed by atoms with E-state index >= 15 is 0 Å². The lowest BCUT2D eigenvalue weighted by Gasteiger charge is -2.10. The number of nitrogens with one attached hydrogen (secondary N) is 1. The van der Waals surface area contributed by atoms with Crippen molar-refractivity contribution >= 4 is 5.97 Å². The molecule has 1 unspecified atom stereocenters. The van der Waals surface area contributed by atoms with Gasteiger partial charge in [-0.05, 0) is 32.5 Å². The van der Waals surface area contributed by atoms with Crippen LogP contribution in [0.1, 0.15) is 6.42 Å². The number of esters is 1. The van der Waals surface area contributed by atoms with Gasteiger partial charge in [0.15, 0.2) is 0 Å². The van der Waals surface area contributed by atoms with Crippen LogP contribution in [-0.2, 0) is 9.53 Å². The maximum atomic E-state index is 10.8. The molecule has 1 aliphatic heterocycles. The van der Waals surface area contributed by atoms with Crippen molar-refractivity contribution in [2.75, 3.05) is 40.3 Å². The largest absolute Gasteiger partial charge is 0.468 e. The molecule has 1 rings (SSSR count). The van der Waals surface area contributed by atoms with Gasteiger partial charge in [-0.3, -0.25) is 4.79 Å². The van der Waals surface area contributed by atoms with Crippen molar-refractivity contribution in [3.05, 3.63) is 0 Å². The molecule has 1 atom stereocenters. The van der Waals surface area contributed by atoms with Crippen LogP contribution in [0.3, 0.4) is 0 Å². The van der Waals surface area contributed by atoms with E-state index in [1.807, 2.05) is 0 Å². The molecule has 0 bridgehead atoms. The molecule has 1 heterocycles. The summed E-state index contributed by atoms with van der Waals surface area (Å²) in [6.07, 6.45) is 1.23. The Morgan fingerprint density at radius 2 is 2.46 bits per heavy atom. The van der Waals surface area contributed by atoms with Crippen LogP contribution in [0.25, 0.3) is 0 Å². The van der Waals surface area contributed by atoms with Gasteiger partial charge in [0.25, 0.3) is 0 Å². The molecular weight excluding hydrogens is 168 g/mol. The number of nitrogens with zero attached hydrogens (tertiary/aromatic N) is 1. The van der Waals surface area contributed by atoms with Crippen LogP contribution >= 0.6 is 0 Å². The van der Waals surface area contributed by atoms with Gasteiger partial charge in [-0.25, -0.2) is 0 Å². The third kappa shape index (κ3) is 3.74. The average molecular weight is 186 g/mol. The Bertz CT molecular complexity index is 173. The van der Waals surface area contributed by atoms with E-state index in [0.29, 0.717) is 12.5 Å². The van der Waals surface area contributed by atoms with Crippen molar-refractivity contribution < 1.29 is 9.53 Å². The zero-order chi connectivity index (χ0) is 9.68. The van der Waals surface area contributed by atoms with Crippen molar-refractivity contribution in [3.63, 3.8) is 0 Å². The van der Waals surface area contributed by atoms with Gasteiger partial charge in [0, 0.05) is 6.54 Å². The standard InChI is InChI=1S/C9H18N2O2/c1-11-4-3-8(7-11)5-10-6-9(12)13-2/h8,10H,3-7H2,1-2H3. The smallest absolute Gasteiger partial charge is 0.319 e. The van der Waals surface area contributed by atoms with E-state index in [1.54, 1.807) is 0 Å². The maximum Gasteiger partial charge on any atom is 0.319 e. The average Bonchev–Trinajstić information content (AvgIpc) is 2.51. The van der Waals surface area contributed by atoms with E-state index in [1.165, 1.54) is 20.1 Å². The van der Waals surface area contributed by atoms with Gasteiger partial charge < -0.3 is 15.0 Å². The second-order valence-corrected chi connectivity index (χ2v) is 3.62. The quantitative estimate of drug-likeness (QED) is 0.612. The maximum absolute atomic E-state index is 10.8. The van der Waals surface area contributed by atoms with E-state index < -0.39 is 0 Å². The number of ether oxygens (including phenoxy) is 1. The number of rotatable bonds is 4. The first-order chi connectivity index (χ1) is 6.22. The van der Waals surface area contributed by atoms with Crippen LogP contribution in [0.2, 0.25) is 0 Å². The van der Waals surface area contributed by atoms with Gasteiger partial charge in [0.1, 0.15) is 0 Å². The van der Waals surface area contributed by atoms with Crippen molar-refractivity contribution in [1.82, 2.24) is 10.2 Å². The molecule has 1 saturated heterocycles. The Labute approximate surface area is 79.2 Å². The Kier molecular flexibility index (Phi) is 4.18. The highest BCUT2D eigenvalue weighted by Crippen LogP contribution is 2.12. The van der Waals surface area contributed by atoms with Gasteiger partial charge in [0.05, 0.1) is 13.7 Å². The fourth-order valence-electron chi connectivity index (χ4n) is 1.64. The monoisotopic (exact) mass is 186 g/mol. The molecule has 1 N–H and O–H groups in total. The Morgan fingerprint density at radius 3 is 3.00 bits per heavy atom. The summed E-state index contributed by atoms with van der Waals surface area (Å²) >= 11 is 0. The number of hydrogen-bond donors (Lipinski definition) is 1. The second-order valence-electron chi connectivity index (χ2n) is 3.62. The zero-order valence-corrected chi connectivity index (χ0v) is 8.38. The van der Waals surface area contributed by atoms with E-state index in [9.17, 15) is 4.79 Å². The molecule has 1 aliphatic rings. The lowest BCUT2D eigenvalue weighted by atomic mass is 10.1. The van der Waals surface area contributed by atoms with Crippen LogP contribution in [0.15, 0.2) is 0 Å². The minimum atomic E-state index is -0.189. The lowest BCUT2D eigenvalue weighted by molar-refractivity contribution is -0.139. The minimum absolute atomic E-state index is 0.189. The van der Waals surface area contributed by atoms with E-state index in [2.05, 4.69) is 22.0 Å². The summed E-state index contributed by atoms with van der Waals surface area (Å²) in [5.74, 6) is 0.501. The van der Waals surface area contributed by atoms with Crippen molar-refractivity contribution in [3.8, 4) is 0 Å². The van der Waals surface area contributed by atoms with E-state index in [-0.39, 0.29) is 5.97 Å². The SMILES string of the molecule is COC(=O)CNCC1CCN(C)C1. The molecule has 1 fully saturated rings. The third-order valence-electron chi connectivity index (χ3n) is 2.42. The molecule has 76 valence electrons. The Morgan fingerprint density at radius 1 is 1.69 bits per heavy atom. The van der Waals surface area contributed by atoms with Gasteiger partial charge in [-0.1, -0.05) is 0 Å². The predicted octanol–water partition coefficient (Wildman–Crippen LogP) is -0.299. The topological polar surface area (TPSA) is 41.6 Å². The summed E-state index contributed by atoms with van der Waals surface area (Å²) in [6, 6.07) is 0. The fraction of sp³-hybridized carbons (Fsp3) is 0.889. The first-order valence-electron chi connectivity index (χ1n) is 4.68. The second kappa shape index (κ2) is 5.19. The van der Waals surface area contributed by atoms with Crippen molar-refractivity contribution in [2.45, 2.75) is 6.42 Å². The molecule has 0 aromatic heterocycles. The molecule has 0 saturated carbocycles. The molecule has 0 aromatic rings. The lowest BCUT2D eigenvalue weighted by Crippen LogP contribution is -2.30. The Balaban J connectivity index is 2.03. The highest BCUT2D eigenvalue weighted by molar-refractivity contribution is 5.71. The molecule has 0 aromatic carbocycles. The van der Waals surface area contributed by atoms with E-state index in [0.717, 1.165) is 13.1 Å². The summed E-state index contributed by atoms with van der Waals surface area (Å²) < 4.78 is 4.52. The van der Waals surface area contributed by atoms with Crippen LogP contribution in [-0.4, -0.2) is 51.2 Å². The normalized spacial score (nSPS) is 23.4. The number of hydrogen-bond acceptors (Lipinski definition) is 4. The van der Waals surface area contributed by atoms with E-state index in [4.69, 9.17) is 0 Å².